The number of halogens is 2. The van der Waals surface area contributed by atoms with Crippen molar-refractivity contribution in [3.8, 4) is 17.3 Å². The van der Waals surface area contributed by atoms with E-state index in [2.05, 4.69) is 16.4 Å². The summed E-state index contributed by atoms with van der Waals surface area (Å²) in [5.41, 5.74) is 3.10. The minimum absolute atomic E-state index is 0.468. The van der Waals surface area contributed by atoms with Gasteiger partial charge in [-0.15, -0.1) is 11.3 Å². The molecule has 24 heavy (non-hydrogen) atoms. The second-order valence-corrected chi connectivity index (χ2v) is 6.60. The first-order valence-electron chi connectivity index (χ1n) is 7.00. The summed E-state index contributed by atoms with van der Waals surface area (Å²) in [6.45, 7) is 0. The zero-order valence-corrected chi connectivity index (χ0v) is 14.7. The minimum Gasteiger partial charge on any atom is -0.360 e. The molecular formula is C18H11Cl2N3S. The third-order valence-electron chi connectivity index (χ3n) is 3.22. The van der Waals surface area contributed by atoms with Gasteiger partial charge in [0.25, 0.3) is 0 Å². The highest BCUT2D eigenvalue weighted by Crippen LogP contribution is 2.27. The lowest BCUT2D eigenvalue weighted by Crippen LogP contribution is -1.90. The van der Waals surface area contributed by atoms with Crippen molar-refractivity contribution in [2.45, 2.75) is 0 Å². The first-order chi connectivity index (χ1) is 11.7. The molecule has 1 aromatic heterocycles. The molecule has 1 heterocycles. The normalized spacial score (nSPS) is 11.1. The second-order valence-electron chi connectivity index (χ2n) is 4.87. The van der Waals surface area contributed by atoms with Crippen molar-refractivity contribution in [2.75, 3.05) is 5.32 Å². The zero-order chi connectivity index (χ0) is 16.9. The fourth-order valence-corrected chi connectivity index (χ4v) is 3.04. The molecule has 0 amide bonds. The maximum absolute atomic E-state index is 9.39. The largest absolute Gasteiger partial charge is 0.360 e. The predicted octanol–water partition coefficient (Wildman–Crippen LogP) is 6.09. The van der Waals surface area contributed by atoms with Crippen molar-refractivity contribution in [1.29, 1.82) is 5.26 Å². The fraction of sp³-hybridized carbons (Fsp3) is 0. The van der Waals surface area contributed by atoms with Crippen LogP contribution in [0.3, 0.4) is 0 Å². The molecule has 0 radical (unpaired) electrons. The van der Waals surface area contributed by atoms with Crippen LogP contribution in [0.4, 0.5) is 5.69 Å². The number of aromatic nitrogens is 1. The van der Waals surface area contributed by atoms with Gasteiger partial charge in [0.2, 0.25) is 0 Å². The molecule has 0 aliphatic heterocycles. The monoisotopic (exact) mass is 371 g/mol. The number of hydrogen-bond donors (Lipinski definition) is 1. The number of nitrogens with zero attached hydrogens (tertiary/aromatic N) is 2. The molecule has 118 valence electrons. The average molecular weight is 372 g/mol. The van der Waals surface area contributed by atoms with Crippen molar-refractivity contribution in [1.82, 2.24) is 4.98 Å². The number of nitrogens with one attached hydrogen (secondary N) is 1. The lowest BCUT2D eigenvalue weighted by atomic mass is 10.2. The zero-order valence-electron chi connectivity index (χ0n) is 12.3. The van der Waals surface area contributed by atoms with Gasteiger partial charge in [-0.25, -0.2) is 4.98 Å². The summed E-state index contributed by atoms with van der Waals surface area (Å²) in [4.78, 5) is 4.53. The van der Waals surface area contributed by atoms with E-state index in [1.807, 2.05) is 41.8 Å². The second kappa shape index (κ2) is 7.50. The molecule has 3 nitrogen and oxygen atoms in total. The molecule has 2 aromatic carbocycles. The molecule has 1 N–H and O–H groups in total. The molecule has 0 fully saturated rings. The highest BCUT2D eigenvalue weighted by atomic mass is 35.5. The maximum atomic E-state index is 9.39. The van der Waals surface area contributed by atoms with Crippen molar-refractivity contribution in [2.24, 2.45) is 0 Å². The number of anilines is 1. The van der Waals surface area contributed by atoms with Crippen LogP contribution in [0.15, 0.2) is 60.1 Å². The first-order valence-corrected chi connectivity index (χ1v) is 8.63. The molecular weight excluding hydrogens is 361 g/mol. The Morgan fingerprint density at radius 2 is 1.67 bits per heavy atom. The minimum atomic E-state index is 0.468. The Balaban J connectivity index is 1.81. The number of benzene rings is 2. The summed E-state index contributed by atoms with van der Waals surface area (Å²) in [5.74, 6) is 0. The van der Waals surface area contributed by atoms with Crippen LogP contribution in [0.2, 0.25) is 10.0 Å². The summed E-state index contributed by atoms with van der Waals surface area (Å²) in [7, 11) is 0. The average Bonchev–Trinajstić information content (AvgIpc) is 3.08. The third-order valence-corrected chi connectivity index (χ3v) is 4.60. The van der Waals surface area contributed by atoms with Gasteiger partial charge in [0.1, 0.15) is 16.6 Å². The Labute approximate surface area is 153 Å². The molecule has 0 unspecified atom stereocenters. The highest BCUT2D eigenvalue weighted by molar-refractivity contribution is 7.11. The molecule has 3 aromatic rings. The van der Waals surface area contributed by atoms with E-state index >= 15 is 0 Å². The molecule has 6 heteroatoms. The fourth-order valence-electron chi connectivity index (χ4n) is 1.99. The van der Waals surface area contributed by atoms with E-state index in [0.717, 1.165) is 16.9 Å². The number of rotatable bonds is 4. The number of thiazole rings is 1. The van der Waals surface area contributed by atoms with Gasteiger partial charge in [0, 0.05) is 32.9 Å². The van der Waals surface area contributed by atoms with Gasteiger partial charge < -0.3 is 5.32 Å². The molecule has 0 aliphatic carbocycles. The topological polar surface area (TPSA) is 48.7 Å². The van der Waals surface area contributed by atoms with Gasteiger partial charge in [-0.05, 0) is 36.4 Å². The van der Waals surface area contributed by atoms with E-state index in [9.17, 15) is 5.26 Å². The van der Waals surface area contributed by atoms with Gasteiger partial charge >= 0.3 is 0 Å². The van der Waals surface area contributed by atoms with E-state index in [1.165, 1.54) is 11.3 Å². The molecule has 0 spiro atoms. The Morgan fingerprint density at radius 1 is 1.04 bits per heavy atom. The van der Waals surface area contributed by atoms with E-state index < -0.39 is 0 Å². The van der Waals surface area contributed by atoms with E-state index in [1.54, 1.807) is 18.3 Å². The van der Waals surface area contributed by atoms with E-state index in [-0.39, 0.29) is 0 Å². The van der Waals surface area contributed by atoms with Crippen LogP contribution >= 0.6 is 34.5 Å². The lowest BCUT2D eigenvalue weighted by molar-refractivity contribution is 1.36. The predicted molar refractivity (Wildman–Crippen MR) is 101 cm³/mol. The highest BCUT2D eigenvalue weighted by Gasteiger charge is 2.09. The summed E-state index contributed by atoms with van der Waals surface area (Å²) >= 11 is 13.2. The van der Waals surface area contributed by atoms with Crippen molar-refractivity contribution < 1.29 is 0 Å². The summed E-state index contributed by atoms with van der Waals surface area (Å²) in [6.07, 6.45) is 1.65. The molecule has 0 atom stereocenters. The Morgan fingerprint density at radius 3 is 2.29 bits per heavy atom. The van der Waals surface area contributed by atoms with Gasteiger partial charge in [-0.3, -0.25) is 0 Å². The third kappa shape index (κ3) is 3.95. The van der Waals surface area contributed by atoms with Crippen LogP contribution in [-0.4, -0.2) is 4.98 Å². The van der Waals surface area contributed by atoms with Crippen molar-refractivity contribution in [3.05, 3.63) is 75.2 Å². The van der Waals surface area contributed by atoms with Gasteiger partial charge in [0.05, 0.1) is 5.69 Å². The van der Waals surface area contributed by atoms with Gasteiger partial charge in [0.15, 0.2) is 0 Å². The molecule has 0 saturated carbocycles. The van der Waals surface area contributed by atoms with Gasteiger partial charge in [-0.1, -0.05) is 35.3 Å². The van der Waals surface area contributed by atoms with Crippen LogP contribution < -0.4 is 5.32 Å². The Bertz CT molecular complexity index is 907. The molecule has 0 aliphatic rings. The first kappa shape index (κ1) is 16.5. The standard InChI is InChI=1S/C18H11Cl2N3S/c19-14-3-1-12(2-4-14)17-11-24-18(23-17)13(9-21)10-22-16-7-5-15(20)6-8-16/h1-8,10-11,22H. The van der Waals surface area contributed by atoms with Crippen LogP contribution in [0.25, 0.3) is 16.8 Å². The van der Waals surface area contributed by atoms with Crippen molar-refractivity contribution >= 4 is 45.8 Å². The van der Waals surface area contributed by atoms with Crippen LogP contribution in [0.1, 0.15) is 5.01 Å². The number of allylic oxidation sites excluding steroid dienone is 1. The van der Waals surface area contributed by atoms with Crippen molar-refractivity contribution in [3.63, 3.8) is 0 Å². The van der Waals surface area contributed by atoms with E-state index in [4.69, 9.17) is 23.2 Å². The SMILES string of the molecule is N#CC(=CNc1ccc(Cl)cc1)c1nc(-c2ccc(Cl)cc2)cs1. The van der Waals surface area contributed by atoms with Crippen LogP contribution in [0, 0.1) is 11.3 Å². The molecule has 0 bridgehead atoms. The number of nitriles is 1. The summed E-state index contributed by atoms with van der Waals surface area (Å²) < 4.78 is 0. The van der Waals surface area contributed by atoms with Crippen LogP contribution in [0.5, 0.6) is 0 Å². The summed E-state index contributed by atoms with van der Waals surface area (Å²) in [6, 6.07) is 16.9. The van der Waals surface area contributed by atoms with Gasteiger partial charge in [-0.2, -0.15) is 5.26 Å². The van der Waals surface area contributed by atoms with Crippen LogP contribution in [-0.2, 0) is 0 Å². The summed E-state index contributed by atoms with van der Waals surface area (Å²) in [5, 5.41) is 16.4. The number of hydrogen-bond acceptors (Lipinski definition) is 4. The smallest absolute Gasteiger partial charge is 0.136 e. The molecule has 3 rings (SSSR count). The molecule has 0 saturated heterocycles. The lowest BCUT2D eigenvalue weighted by Gasteiger charge is -2.01. The maximum Gasteiger partial charge on any atom is 0.136 e. The Kier molecular flexibility index (Phi) is 5.17. The quantitative estimate of drug-likeness (QED) is 0.564. The Hall–Kier alpha value is -2.32. The van der Waals surface area contributed by atoms with E-state index in [0.29, 0.717) is 20.6 Å².